The van der Waals surface area contributed by atoms with Crippen LogP contribution in [0.5, 0.6) is 0 Å². The first-order valence-corrected chi connectivity index (χ1v) is 8.67. The number of nitrogens with one attached hydrogen (secondary N) is 2. The summed E-state index contributed by atoms with van der Waals surface area (Å²) in [4.78, 5) is 8.23. The number of anilines is 1. The summed E-state index contributed by atoms with van der Waals surface area (Å²) in [6, 6.07) is 1.63. The van der Waals surface area contributed by atoms with Gasteiger partial charge in [-0.1, -0.05) is 23.4 Å². The van der Waals surface area contributed by atoms with Crippen molar-refractivity contribution in [2.75, 3.05) is 30.9 Å². The largest absolute Gasteiger partial charge is 0.370 e. The van der Waals surface area contributed by atoms with E-state index in [-0.39, 0.29) is 0 Å². The first-order chi connectivity index (χ1) is 8.40. The minimum Gasteiger partial charge on any atom is -0.370 e. The molecule has 0 saturated carbocycles. The predicted octanol–water partition coefficient (Wildman–Crippen LogP) is 1.20. The van der Waals surface area contributed by atoms with Gasteiger partial charge in [0.05, 0.1) is 6.26 Å². The topological polar surface area (TPSA) is 84.0 Å². The molecule has 2 N–H and O–H groups in total. The van der Waals surface area contributed by atoms with Crippen molar-refractivity contribution in [2.45, 2.75) is 11.6 Å². The molecule has 0 atom stereocenters. The zero-order chi connectivity index (χ0) is 13.6. The third-order valence-electron chi connectivity index (χ3n) is 1.88. The third kappa shape index (κ3) is 6.39. The fraction of sp³-hybridized carbons (Fsp3) is 0.556. The fourth-order valence-electron chi connectivity index (χ4n) is 1.14. The summed E-state index contributed by atoms with van der Waals surface area (Å²) < 4.78 is 24.1. The molecule has 0 aromatic carbocycles. The van der Waals surface area contributed by atoms with Crippen molar-refractivity contribution in [3.05, 3.63) is 11.2 Å². The lowest BCUT2D eigenvalue weighted by Gasteiger charge is -2.07. The summed E-state index contributed by atoms with van der Waals surface area (Å²) >= 11 is 7.24. The van der Waals surface area contributed by atoms with Crippen molar-refractivity contribution in [1.29, 1.82) is 0 Å². The van der Waals surface area contributed by atoms with Gasteiger partial charge in [0, 0.05) is 19.2 Å². The normalized spacial score (nSPS) is 11.5. The lowest BCUT2D eigenvalue weighted by Crippen LogP contribution is -2.24. The Bertz CT molecular complexity index is 495. The minimum absolute atomic E-state index is 0.381. The van der Waals surface area contributed by atoms with Crippen molar-refractivity contribution in [3.8, 4) is 0 Å². The van der Waals surface area contributed by atoms with Gasteiger partial charge in [-0.3, -0.25) is 0 Å². The van der Waals surface area contributed by atoms with E-state index in [0.717, 1.165) is 6.26 Å². The fourth-order valence-corrected chi connectivity index (χ4v) is 2.27. The second-order valence-corrected chi connectivity index (χ2v) is 6.50. The van der Waals surface area contributed by atoms with Crippen LogP contribution in [0.4, 0.5) is 5.82 Å². The van der Waals surface area contributed by atoms with Crippen LogP contribution in [0.3, 0.4) is 0 Å². The van der Waals surface area contributed by atoms with Gasteiger partial charge in [-0.25, -0.2) is 23.1 Å². The van der Waals surface area contributed by atoms with Crippen molar-refractivity contribution in [2.24, 2.45) is 0 Å². The Hall–Kier alpha value is -0.570. The molecular weight excluding hydrogens is 296 g/mol. The molecule has 0 amide bonds. The van der Waals surface area contributed by atoms with E-state index >= 15 is 0 Å². The maximum Gasteiger partial charge on any atom is 0.208 e. The van der Waals surface area contributed by atoms with Crippen LogP contribution in [0.2, 0.25) is 5.15 Å². The van der Waals surface area contributed by atoms with E-state index < -0.39 is 10.0 Å². The van der Waals surface area contributed by atoms with E-state index in [1.54, 1.807) is 6.07 Å². The number of hydrogen-bond acceptors (Lipinski definition) is 6. The maximum absolute atomic E-state index is 10.8. The number of aromatic nitrogens is 2. The Labute approximate surface area is 116 Å². The second-order valence-electron chi connectivity index (χ2n) is 3.51. The standard InChI is InChI=1S/C9H15ClN4O2S2/c1-17-9-13-7(10)6-8(14-9)11-4-3-5-12-18(2,15)16/h6,12H,3-5H2,1-2H3,(H,11,13,14). The smallest absolute Gasteiger partial charge is 0.208 e. The van der Waals surface area contributed by atoms with E-state index in [2.05, 4.69) is 20.0 Å². The molecule has 0 aliphatic heterocycles. The summed E-state index contributed by atoms with van der Waals surface area (Å²) in [5.74, 6) is 0.638. The average Bonchev–Trinajstić information content (AvgIpc) is 2.26. The minimum atomic E-state index is -3.11. The highest BCUT2D eigenvalue weighted by atomic mass is 35.5. The van der Waals surface area contributed by atoms with E-state index in [1.807, 2.05) is 6.26 Å². The van der Waals surface area contributed by atoms with E-state index in [0.29, 0.717) is 35.6 Å². The molecular formula is C9H15ClN4O2S2. The molecule has 0 saturated heterocycles. The van der Waals surface area contributed by atoms with Crippen molar-refractivity contribution in [3.63, 3.8) is 0 Å². The predicted molar refractivity (Wildman–Crippen MR) is 74.8 cm³/mol. The highest BCUT2D eigenvalue weighted by molar-refractivity contribution is 7.98. The third-order valence-corrected chi connectivity index (χ3v) is 3.35. The Morgan fingerprint density at radius 1 is 1.39 bits per heavy atom. The summed E-state index contributed by atoms with van der Waals surface area (Å²) in [5, 5.41) is 4.04. The monoisotopic (exact) mass is 310 g/mol. The van der Waals surface area contributed by atoms with Crippen LogP contribution in [-0.2, 0) is 10.0 Å². The van der Waals surface area contributed by atoms with Gasteiger partial charge in [0.2, 0.25) is 10.0 Å². The average molecular weight is 311 g/mol. The van der Waals surface area contributed by atoms with Gasteiger partial charge in [-0.05, 0) is 12.7 Å². The lowest BCUT2D eigenvalue weighted by molar-refractivity contribution is 0.586. The zero-order valence-electron chi connectivity index (χ0n) is 10.1. The summed E-state index contributed by atoms with van der Waals surface area (Å²) in [6.07, 6.45) is 3.66. The number of hydrogen-bond donors (Lipinski definition) is 2. The van der Waals surface area contributed by atoms with Gasteiger partial charge in [0.1, 0.15) is 11.0 Å². The van der Waals surface area contributed by atoms with Crippen LogP contribution in [0, 0.1) is 0 Å². The van der Waals surface area contributed by atoms with Crippen LogP contribution >= 0.6 is 23.4 Å². The summed E-state index contributed by atoms with van der Waals surface area (Å²) in [5.41, 5.74) is 0. The van der Waals surface area contributed by atoms with Crippen LogP contribution in [0.25, 0.3) is 0 Å². The van der Waals surface area contributed by atoms with Crippen LogP contribution in [0.15, 0.2) is 11.2 Å². The Balaban J connectivity index is 2.37. The molecule has 0 bridgehead atoms. The summed E-state index contributed by atoms with van der Waals surface area (Å²) in [7, 11) is -3.11. The first-order valence-electron chi connectivity index (χ1n) is 5.18. The molecule has 102 valence electrons. The van der Waals surface area contributed by atoms with Crippen LogP contribution in [0.1, 0.15) is 6.42 Å². The Morgan fingerprint density at radius 2 is 2.11 bits per heavy atom. The van der Waals surface area contributed by atoms with Crippen LogP contribution in [-0.4, -0.2) is 44.0 Å². The van der Waals surface area contributed by atoms with E-state index in [4.69, 9.17) is 11.6 Å². The molecule has 18 heavy (non-hydrogen) atoms. The molecule has 0 unspecified atom stereocenters. The van der Waals surface area contributed by atoms with Crippen molar-refractivity contribution >= 4 is 39.2 Å². The van der Waals surface area contributed by atoms with Gasteiger partial charge < -0.3 is 5.32 Å². The lowest BCUT2D eigenvalue weighted by atomic mass is 10.4. The molecule has 0 aliphatic carbocycles. The molecule has 1 heterocycles. The first kappa shape index (κ1) is 15.5. The number of rotatable bonds is 7. The maximum atomic E-state index is 10.8. The second kappa shape index (κ2) is 7.13. The SMILES string of the molecule is CSc1nc(Cl)cc(NCCCNS(C)(=O)=O)n1. The van der Waals surface area contributed by atoms with Gasteiger partial charge in [0.15, 0.2) is 5.16 Å². The van der Waals surface area contributed by atoms with Crippen molar-refractivity contribution < 1.29 is 8.42 Å². The van der Waals surface area contributed by atoms with E-state index in [1.165, 1.54) is 11.8 Å². The molecule has 0 spiro atoms. The van der Waals surface area contributed by atoms with Crippen molar-refractivity contribution in [1.82, 2.24) is 14.7 Å². The molecule has 9 heteroatoms. The van der Waals surface area contributed by atoms with Gasteiger partial charge in [-0.2, -0.15) is 0 Å². The Morgan fingerprint density at radius 3 is 2.72 bits per heavy atom. The summed E-state index contributed by atoms with van der Waals surface area (Å²) in [6.45, 7) is 0.990. The zero-order valence-corrected chi connectivity index (χ0v) is 12.5. The Kier molecular flexibility index (Phi) is 6.13. The number of thioether (sulfide) groups is 1. The highest BCUT2D eigenvalue weighted by Crippen LogP contribution is 2.16. The molecule has 0 fully saturated rings. The van der Waals surface area contributed by atoms with Gasteiger partial charge >= 0.3 is 0 Å². The molecule has 0 radical (unpaired) electrons. The quantitative estimate of drug-likeness (QED) is 0.341. The van der Waals surface area contributed by atoms with Gasteiger partial charge in [0.25, 0.3) is 0 Å². The number of nitrogens with zero attached hydrogens (tertiary/aromatic N) is 2. The van der Waals surface area contributed by atoms with Crippen LogP contribution < -0.4 is 10.0 Å². The van der Waals surface area contributed by atoms with E-state index in [9.17, 15) is 8.42 Å². The molecule has 1 aromatic heterocycles. The molecule has 1 rings (SSSR count). The molecule has 6 nitrogen and oxygen atoms in total. The highest BCUT2D eigenvalue weighted by Gasteiger charge is 2.02. The van der Waals surface area contributed by atoms with Gasteiger partial charge in [-0.15, -0.1) is 0 Å². The number of halogens is 1. The number of sulfonamides is 1. The molecule has 0 aliphatic rings. The molecule has 1 aromatic rings.